The van der Waals surface area contributed by atoms with E-state index < -0.39 is 0 Å². The molecule has 11 heavy (non-hydrogen) atoms. The van der Waals surface area contributed by atoms with Crippen LogP contribution in [0.25, 0.3) is 0 Å². The van der Waals surface area contributed by atoms with Crippen LogP contribution >= 0.6 is 0 Å². The van der Waals surface area contributed by atoms with Crippen LogP contribution in [0.3, 0.4) is 0 Å². The predicted molar refractivity (Wildman–Crippen MR) is 37.1 cm³/mol. The highest BCUT2D eigenvalue weighted by Gasteiger charge is 2.37. The second-order valence-electron chi connectivity index (χ2n) is 3.11. The second-order valence-corrected chi connectivity index (χ2v) is 3.11. The number of piperidine rings is 1. The van der Waals surface area contributed by atoms with Gasteiger partial charge in [-0.25, -0.2) is 4.79 Å². The maximum Gasteiger partial charge on any atom is 0.410 e. The number of hydrogen-bond donors (Lipinski definition) is 1. The number of fused-ring (bicyclic) bond motifs is 1. The Morgan fingerprint density at radius 3 is 3.18 bits per heavy atom. The smallest absolute Gasteiger partial charge is 0.410 e. The van der Waals surface area contributed by atoms with E-state index in [-0.39, 0.29) is 18.2 Å². The van der Waals surface area contributed by atoms with Crippen LogP contribution in [0.15, 0.2) is 0 Å². The lowest BCUT2D eigenvalue weighted by molar-refractivity contribution is 0.0712. The fourth-order valence-electron chi connectivity index (χ4n) is 1.66. The molecular weight excluding hydrogens is 146 g/mol. The molecule has 2 heterocycles. The molecule has 62 valence electrons. The van der Waals surface area contributed by atoms with Gasteiger partial charge in [-0.3, -0.25) is 4.90 Å². The van der Waals surface area contributed by atoms with Crippen LogP contribution < -0.4 is 0 Å². The predicted octanol–water partition coefficient (Wildman–Crippen LogP) is -0.0381. The Morgan fingerprint density at radius 1 is 1.55 bits per heavy atom. The highest BCUT2D eigenvalue weighted by Crippen LogP contribution is 2.23. The fraction of sp³-hybridized carbons (Fsp3) is 0.857. The van der Waals surface area contributed by atoms with Gasteiger partial charge in [0.05, 0.1) is 18.7 Å². The average Bonchev–Trinajstić information content (AvgIpc) is 2.33. The van der Waals surface area contributed by atoms with Crippen molar-refractivity contribution in [3.63, 3.8) is 0 Å². The number of aliphatic hydroxyl groups excluding tert-OH is 1. The van der Waals surface area contributed by atoms with Gasteiger partial charge in [0.25, 0.3) is 0 Å². The molecule has 0 aromatic carbocycles. The van der Waals surface area contributed by atoms with Crippen LogP contribution in [-0.2, 0) is 4.74 Å². The molecule has 0 spiro atoms. The van der Waals surface area contributed by atoms with Gasteiger partial charge in [-0.1, -0.05) is 0 Å². The van der Waals surface area contributed by atoms with E-state index in [0.29, 0.717) is 13.2 Å². The lowest BCUT2D eigenvalue weighted by atomic mass is 10.0. The molecule has 0 radical (unpaired) electrons. The zero-order chi connectivity index (χ0) is 7.84. The Morgan fingerprint density at radius 2 is 2.36 bits per heavy atom. The maximum atomic E-state index is 10.9. The van der Waals surface area contributed by atoms with Crippen molar-refractivity contribution >= 4 is 6.09 Å². The van der Waals surface area contributed by atoms with Crippen molar-refractivity contribution in [1.29, 1.82) is 0 Å². The second kappa shape index (κ2) is 2.37. The van der Waals surface area contributed by atoms with Gasteiger partial charge < -0.3 is 9.84 Å². The van der Waals surface area contributed by atoms with E-state index in [9.17, 15) is 9.90 Å². The molecule has 2 rings (SSSR count). The SMILES string of the molecule is O=C1OC[C@@H]2CC[C@@H](O)CN12. The van der Waals surface area contributed by atoms with Crippen LogP contribution in [0, 0.1) is 0 Å². The summed E-state index contributed by atoms with van der Waals surface area (Å²) in [6, 6.07) is 0.228. The summed E-state index contributed by atoms with van der Waals surface area (Å²) in [7, 11) is 0. The highest BCUT2D eigenvalue weighted by molar-refractivity contribution is 5.70. The van der Waals surface area contributed by atoms with Crippen LogP contribution in [0.4, 0.5) is 4.79 Å². The first-order valence-corrected chi connectivity index (χ1v) is 3.89. The van der Waals surface area contributed by atoms with Gasteiger partial charge in [0.15, 0.2) is 0 Å². The molecule has 0 aromatic heterocycles. The fourth-order valence-corrected chi connectivity index (χ4v) is 1.66. The number of ether oxygens (including phenoxy) is 1. The molecular formula is C7H11NO3. The van der Waals surface area contributed by atoms with E-state index in [1.807, 2.05) is 0 Å². The molecule has 0 aromatic rings. The zero-order valence-corrected chi connectivity index (χ0v) is 6.19. The van der Waals surface area contributed by atoms with Crippen molar-refractivity contribution in [3.05, 3.63) is 0 Å². The summed E-state index contributed by atoms with van der Waals surface area (Å²) in [6.45, 7) is 0.953. The molecule has 0 aliphatic carbocycles. The van der Waals surface area contributed by atoms with Crippen LogP contribution in [0.1, 0.15) is 12.8 Å². The van der Waals surface area contributed by atoms with Crippen molar-refractivity contribution in [2.24, 2.45) is 0 Å². The van der Waals surface area contributed by atoms with Gasteiger partial charge in [0.1, 0.15) is 6.61 Å². The van der Waals surface area contributed by atoms with Gasteiger partial charge in [-0.15, -0.1) is 0 Å². The van der Waals surface area contributed by atoms with E-state index in [0.717, 1.165) is 12.8 Å². The summed E-state index contributed by atoms with van der Waals surface area (Å²) in [5.41, 5.74) is 0. The Labute approximate surface area is 64.7 Å². The van der Waals surface area contributed by atoms with E-state index in [4.69, 9.17) is 4.74 Å². The summed E-state index contributed by atoms with van der Waals surface area (Å²) >= 11 is 0. The quantitative estimate of drug-likeness (QED) is 0.537. The molecule has 0 saturated carbocycles. The molecule has 4 nitrogen and oxygen atoms in total. The number of amides is 1. The summed E-state index contributed by atoms with van der Waals surface area (Å²) in [6.07, 6.45) is 1.04. The molecule has 1 amide bonds. The van der Waals surface area contributed by atoms with E-state index in [2.05, 4.69) is 0 Å². The third-order valence-corrected chi connectivity index (χ3v) is 2.32. The van der Waals surface area contributed by atoms with Gasteiger partial charge in [0.2, 0.25) is 0 Å². The van der Waals surface area contributed by atoms with Gasteiger partial charge in [-0.2, -0.15) is 0 Å². The average molecular weight is 157 g/mol. The molecule has 1 N–H and O–H groups in total. The number of rotatable bonds is 0. The van der Waals surface area contributed by atoms with Gasteiger partial charge in [0, 0.05) is 0 Å². The molecule has 2 aliphatic heterocycles. The minimum absolute atomic E-state index is 0.228. The third-order valence-electron chi connectivity index (χ3n) is 2.32. The van der Waals surface area contributed by atoms with E-state index in [1.54, 1.807) is 4.90 Å². The molecule has 2 fully saturated rings. The van der Waals surface area contributed by atoms with Crippen LogP contribution in [0.2, 0.25) is 0 Å². The lowest BCUT2D eigenvalue weighted by Gasteiger charge is -2.29. The summed E-state index contributed by atoms with van der Waals surface area (Å²) in [4.78, 5) is 12.6. The number of carbonyl (C=O) groups is 1. The van der Waals surface area contributed by atoms with E-state index >= 15 is 0 Å². The first-order valence-electron chi connectivity index (χ1n) is 3.89. The first-order chi connectivity index (χ1) is 5.27. The Balaban J connectivity index is 2.07. The normalized spacial score (nSPS) is 36.8. The molecule has 4 heteroatoms. The zero-order valence-electron chi connectivity index (χ0n) is 6.19. The topological polar surface area (TPSA) is 49.8 Å². The van der Waals surface area contributed by atoms with Gasteiger partial charge in [-0.05, 0) is 12.8 Å². The molecule has 2 aliphatic rings. The number of carbonyl (C=O) groups excluding carboxylic acids is 1. The Bertz CT molecular complexity index is 183. The van der Waals surface area contributed by atoms with Crippen molar-refractivity contribution in [1.82, 2.24) is 4.90 Å². The number of cyclic esters (lactones) is 1. The molecule has 2 atom stereocenters. The van der Waals surface area contributed by atoms with Crippen molar-refractivity contribution in [3.8, 4) is 0 Å². The van der Waals surface area contributed by atoms with Crippen molar-refractivity contribution in [2.75, 3.05) is 13.2 Å². The van der Waals surface area contributed by atoms with Crippen molar-refractivity contribution in [2.45, 2.75) is 25.0 Å². The standard InChI is InChI=1S/C7H11NO3/c9-6-2-1-5-4-11-7(10)8(5)3-6/h5-6,9H,1-4H2/t5-,6+/m0/s1. The number of nitrogens with zero attached hydrogens (tertiary/aromatic N) is 1. The minimum atomic E-state index is -0.350. The summed E-state index contributed by atoms with van der Waals surface area (Å²) in [5, 5.41) is 9.22. The van der Waals surface area contributed by atoms with Crippen LogP contribution in [-0.4, -0.2) is 41.4 Å². The number of hydrogen-bond acceptors (Lipinski definition) is 3. The third kappa shape index (κ3) is 1.07. The first kappa shape index (κ1) is 6.91. The molecule has 0 bridgehead atoms. The van der Waals surface area contributed by atoms with E-state index in [1.165, 1.54) is 0 Å². The number of aliphatic hydroxyl groups is 1. The highest BCUT2D eigenvalue weighted by atomic mass is 16.6. The maximum absolute atomic E-state index is 10.9. The molecule has 2 saturated heterocycles. The van der Waals surface area contributed by atoms with Crippen molar-refractivity contribution < 1.29 is 14.6 Å². The largest absolute Gasteiger partial charge is 0.447 e. The van der Waals surface area contributed by atoms with Gasteiger partial charge >= 0.3 is 6.09 Å². The minimum Gasteiger partial charge on any atom is -0.447 e. The Kier molecular flexibility index (Phi) is 1.49. The monoisotopic (exact) mass is 157 g/mol. The summed E-state index contributed by atoms with van der Waals surface area (Å²) in [5.74, 6) is 0. The molecule has 0 unspecified atom stereocenters. The Hall–Kier alpha value is -0.770. The summed E-state index contributed by atoms with van der Waals surface area (Å²) < 4.78 is 4.82. The van der Waals surface area contributed by atoms with Crippen LogP contribution in [0.5, 0.6) is 0 Å². The lowest BCUT2D eigenvalue weighted by Crippen LogP contribution is -2.44.